The second-order valence-electron chi connectivity index (χ2n) is 4.62. The number of aromatic nitrogens is 2. The monoisotopic (exact) mass is 312 g/mol. The van der Waals surface area contributed by atoms with Gasteiger partial charge in [-0.25, -0.2) is 10.8 Å². The summed E-state index contributed by atoms with van der Waals surface area (Å²) in [5, 5.41) is 0. The molecule has 22 heavy (non-hydrogen) atoms. The van der Waals surface area contributed by atoms with Gasteiger partial charge in [0.25, 0.3) is 0 Å². The van der Waals surface area contributed by atoms with Crippen LogP contribution >= 0.6 is 0 Å². The number of nitrogen functional groups attached to an aromatic ring is 1. The molecule has 2 rings (SSSR count). The van der Waals surface area contributed by atoms with Crippen molar-refractivity contribution in [2.24, 2.45) is 5.84 Å². The first-order valence-electron chi connectivity index (χ1n) is 6.46. The highest BCUT2D eigenvalue weighted by Crippen LogP contribution is 2.24. The van der Waals surface area contributed by atoms with Gasteiger partial charge in [0.2, 0.25) is 0 Å². The summed E-state index contributed by atoms with van der Waals surface area (Å²) in [6.07, 6.45) is -1.94. The van der Waals surface area contributed by atoms with Crippen LogP contribution in [0.1, 0.15) is 18.6 Å². The molecule has 0 aliphatic rings. The number of anilines is 1. The number of hydrazine groups is 1. The Balaban J connectivity index is 2.05. The molecule has 118 valence electrons. The van der Waals surface area contributed by atoms with Crippen molar-refractivity contribution in [2.75, 3.05) is 12.0 Å². The van der Waals surface area contributed by atoms with E-state index >= 15 is 0 Å². The van der Waals surface area contributed by atoms with Crippen LogP contribution in [0.2, 0.25) is 0 Å². The molecule has 1 unspecified atom stereocenters. The predicted molar refractivity (Wildman–Crippen MR) is 75.7 cm³/mol. The van der Waals surface area contributed by atoms with Gasteiger partial charge in [-0.15, -0.1) is 0 Å². The van der Waals surface area contributed by atoms with Crippen molar-refractivity contribution in [1.29, 1.82) is 0 Å². The maximum Gasteiger partial charge on any atom is 0.411 e. The summed E-state index contributed by atoms with van der Waals surface area (Å²) in [5.41, 5.74) is 4.46. The number of alkyl halides is 3. The van der Waals surface area contributed by atoms with E-state index < -0.39 is 18.9 Å². The molecular weight excluding hydrogens is 297 g/mol. The summed E-state index contributed by atoms with van der Waals surface area (Å²) >= 11 is 0. The SMILES string of the molecule is CC(OCC(F)(F)F)c1ccc(-c2cnc(NN)cn2)cc1. The van der Waals surface area contributed by atoms with E-state index in [1.54, 1.807) is 37.4 Å². The summed E-state index contributed by atoms with van der Waals surface area (Å²) in [6.45, 7) is 0.303. The summed E-state index contributed by atoms with van der Waals surface area (Å²) in [7, 11) is 0. The average molecular weight is 312 g/mol. The number of benzene rings is 1. The fourth-order valence-electron chi connectivity index (χ4n) is 1.79. The molecule has 1 heterocycles. The normalized spacial score (nSPS) is 13.0. The first-order chi connectivity index (χ1) is 10.4. The van der Waals surface area contributed by atoms with Crippen LogP contribution in [0.3, 0.4) is 0 Å². The number of hydrogen-bond donors (Lipinski definition) is 2. The van der Waals surface area contributed by atoms with Gasteiger partial charge in [-0.1, -0.05) is 24.3 Å². The topological polar surface area (TPSA) is 73.1 Å². The maximum atomic E-state index is 12.1. The number of rotatable bonds is 5. The second kappa shape index (κ2) is 6.71. The highest BCUT2D eigenvalue weighted by Gasteiger charge is 2.28. The molecular formula is C14H15F3N4O. The molecule has 0 radical (unpaired) electrons. The number of halogens is 3. The van der Waals surface area contributed by atoms with Crippen LogP contribution < -0.4 is 11.3 Å². The van der Waals surface area contributed by atoms with Gasteiger partial charge in [0.05, 0.1) is 24.2 Å². The minimum atomic E-state index is -4.33. The van der Waals surface area contributed by atoms with Crippen molar-refractivity contribution in [1.82, 2.24) is 9.97 Å². The second-order valence-corrected chi connectivity index (χ2v) is 4.62. The fraction of sp³-hybridized carbons (Fsp3) is 0.286. The van der Waals surface area contributed by atoms with Gasteiger partial charge in [-0.2, -0.15) is 13.2 Å². The molecule has 0 aliphatic heterocycles. The molecule has 3 N–H and O–H groups in total. The third-order valence-corrected chi connectivity index (χ3v) is 2.97. The van der Waals surface area contributed by atoms with Crippen molar-refractivity contribution in [2.45, 2.75) is 19.2 Å². The quantitative estimate of drug-likeness (QED) is 0.656. The lowest BCUT2D eigenvalue weighted by molar-refractivity contribution is -0.184. The van der Waals surface area contributed by atoms with Crippen LogP contribution in [0.4, 0.5) is 19.0 Å². The van der Waals surface area contributed by atoms with Gasteiger partial charge in [0, 0.05) is 5.56 Å². The molecule has 0 bridgehead atoms. The molecule has 1 atom stereocenters. The molecule has 0 amide bonds. The Kier molecular flexibility index (Phi) is 4.94. The van der Waals surface area contributed by atoms with Crippen LogP contribution in [0.25, 0.3) is 11.3 Å². The predicted octanol–water partition coefficient (Wildman–Crippen LogP) is 3.07. The first kappa shape index (κ1) is 16.2. The molecule has 2 aromatic rings. The molecule has 0 aliphatic carbocycles. The van der Waals surface area contributed by atoms with E-state index in [0.717, 1.165) is 5.56 Å². The molecule has 1 aromatic heterocycles. The summed E-state index contributed by atoms with van der Waals surface area (Å²) in [4.78, 5) is 8.22. The number of nitrogens with one attached hydrogen (secondary N) is 1. The zero-order chi connectivity index (χ0) is 16.2. The van der Waals surface area contributed by atoms with Crippen LogP contribution in [-0.2, 0) is 4.74 Å². The summed E-state index contributed by atoms with van der Waals surface area (Å²) in [5.74, 6) is 5.64. The third kappa shape index (κ3) is 4.40. The zero-order valence-electron chi connectivity index (χ0n) is 11.8. The number of nitrogens with two attached hydrogens (primary N) is 1. The van der Waals surface area contributed by atoms with Crippen LogP contribution in [-0.4, -0.2) is 22.8 Å². The minimum Gasteiger partial charge on any atom is -0.364 e. The zero-order valence-corrected chi connectivity index (χ0v) is 11.8. The Morgan fingerprint density at radius 1 is 1.18 bits per heavy atom. The van der Waals surface area contributed by atoms with Gasteiger partial charge >= 0.3 is 6.18 Å². The van der Waals surface area contributed by atoms with E-state index in [1.165, 1.54) is 6.20 Å². The lowest BCUT2D eigenvalue weighted by atomic mass is 10.1. The highest BCUT2D eigenvalue weighted by atomic mass is 19.4. The van der Waals surface area contributed by atoms with Crippen molar-refractivity contribution in [3.8, 4) is 11.3 Å². The van der Waals surface area contributed by atoms with Crippen molar-refractivity contribution in [3.05, 3.63) is 42.2 Å². The number of hydrogen-bond acceptors (Lipinski definition) is 5. The Morgan fingerprint density at radius 3 is 2.36 bits per heavy atom. The molecule has 1 aromatic carbocycles. The molecule has 0 spiro atoms. The standard InChI is InChI=1S/C14H15F3N4O/c1-9(22-8-14(15,16)17)10-2-4-11(5-3-10)12-6-20-13(21-18)7-19-12/h2-7,9H,8,18H2,1H3,(H,20,21). The smallest absolute Gasteiger partial charge is 0.364 e. The van der Waals surface area contributed by atoms with Crippen LogP contribution in [0.15, 0.2) is 36.7 Å². The molecule has 8 heteroatoms. The Bertz CT molecular complexity index is 599. The number of nitrogens with zero attached hydrogens (tertiary/aromatic N) is 2. The Hall–Kier alpha value is -2.19. The molecule has 5 nitrogen and oxygen atoms in total. The van der Waals surface area contributed by atoms with Gasteiger partial charge in [-0.05, 0) is 12.5 Å². The third-order valence-electron chi connectivity index (χ3n) is 2.97. The summed E-state index contributed by atoms with van der Waals surface area (Å²) in [6, 6.07) is 6.91. The lowest BCUT2D eigenvalue weighted by Crippen LogP contribution is -2.18. The fourth-order valence-corrected chi connectivity index (χ4v) is 1.79. The van der Waals surface area contributed by atoms with Gasteiger partial charge in [-0.3, -0.25) is 4.98 Å². The van der Waals surface area contributed by atoms with Crippen molar-refractivity contribution < 1.29 is 17.9 Å². The van der Waals surface area contributed by atoms with Crippen LogP contribution in [0, 0.1) is 0 Å². The van der Waals surface area contributed by atoms with Crippen molar-refractivity contribution >= 4 is 5.82 Å². The average Bonchev–Trinajstić information content (AvgIpc) is 2.52. The highest BCUT2D eigenvalue weighted by molar-refractivity contribution is 5.59. The lowest BCUT2D eigenvalue weighted by Gasteiger charge is -2.15. The van der Waals surface area contributed by atoms with Gasteiger partial charge < -0.3 is 10.2 Å². The minimum absolute atomic E-state index is 0.439. The van der Waals surface area contributed by atoms with E-state index in [0.29, 0.717) is 17.1 Å². The first-order valence-corrected chi connectivity index (χ1v) is 6.46. The molecule has 0 fully saturated rings. The van der Waals surface area contributed by atoms with E-state index in [9.17, 15) is 13.2 Å². The molecule has 0 saturated carbocycles. The van der Waals surface area contributed by atoms with Gasteiger partial charge in [0.15, 0.2) is 5.82 Å². The number of ether oxygens (including phenoxy) is 1. The Morgan fingerprint density at radius 2 is 1.86 bits per heavy atom. The van der Waals surface area contributed by atoms with Crippen LogP contribution in [0.5, 0.6) is 0 Å². The van der Waals surface area contributed by atoms with Crippen molar-refractivity contribution in [3.63, 3.8) is 0 Å². The van der Waals surface area contributed by atoms with E-state index in [1.807, 2.05) is 0 Å². The Labute approximate surface area is 125 Å². The largest absolute Gasteiger partial charge is 0.411 e. The maximum absolute atomic E-state index is 12.1. The van der Waals surface area contributed by atoms with E-state index in [4.69, 9.17) is 10.6 Å². The summed E-state index contributed by atoms with van der Waals surface area (Å²) < 4.78 is 41.2. The van der Waals surface area contributed by atoms with E-state index in [-0.39, 0.29) is 0 Å². The van der Waals surface area contributed by atoms with E-state index in [2.05, 4.69) is 15.4 Å². The molecule has 0 saturated heterocycles. The van der Waals surface area contributed by atoms with Gasteiger partial charge in [0.1, 0.15) is 6.61 Å².